The molecule has 0 saturated carbocycles. The second-order valence-electron chi connectivity index (χ2n) is 5.76. The third kappa shape index (κ3) is 5.29. The van der Waals surface area contributed by atoms with Gasteiger partial charge in [0, 0.05) is 16.1 Å². The number of carbonyl (C=O) groups is 2. The summed E-state index contributed by atoms with van der Waals surface area (Å²) in [5.41, 5.74) is 2.16. The number of esters is 1. The van der Waals surface area contributed by atoms with Crippen LogP contribution in [0, 0.1) is 0 Å². The van der Waals surface area contributed by atoms with Crippen molar-refractivity contribution < 1.29 is 14.3 Å². The van der Waals surface area contributed by atoms with Crippen molar-refractivity contribution in [1.29, 1.82) is 0 Å². The lowest BCUT2D eigenvalue weighted by atomic mass is 10.1. The molecule has 0 fully saturated rings. The summed E-state index contributed by atoms with van der Waals surface area (Å²) in [5.74, 6) is -0.389. The largest absolute Gasteiger partial charge is 0.461 e. The number of anilines is 1. The van der Waals surface area contributed by atoms with Gasteiger partial charge in [-0.05, 0) is 47.7 Å². The minimum Gasteiger partial charge on any atom is -0.461 e. The highest BCUT2D eigenvalue weighted by Crippen LogP contribution is 2.13. The fourth-order valence-electron chi connectivity index (χ4n) is 2.39. The van der Waals surface area contributed by atoms with Crippen molar-refractivity contribution in [3.8, 4) is 0 Å². The van der Waals surface area contributed by atoms with Crippen LogP contribution >= 0.6 is 11.3 Å². The molecular weight excluding hydrogens is 346 g/mol. The summed E-state index contributed by atoms with van der Waals surface area (Å²) in [7, 11) is 0. The number of amides is 1. The fourth-order valence-corrected chi connectivity index (χ4v) is 3.10. The van der Waals surface area contributed by atoms with Crippen molar-refractivity contribution in [2.75, 3.05) is 5.32 Å². The van der Waals surface area contributed by atoms with E-state index >= 15 is 0 Å². The number of para-hydroxylation sites is 1. The maximum atomic E-state index is 12.2. The molecule has 1 N–H and O–H groups in total. The molecule has 0 radical (unpaired) electrons. The molecule has 0 aliphatic heterocycles. The van der Waals surface area contributed by atoms with Crippen molar-refractivity contribution in [2.24, 2.45) is 0 Å². The molecule has 0 aliphatic carbocycles. The van der Waals surface area contributed by atoms with Gasteiger partial charge in [0.2, 0.25) is 0 Å². The Morgan fingerprint density at radius 1 is 0.923 bits per heavy atom. The second-order valence-corrected chi connectivity index (χ2v) is 6.79. The zero-order valence-electron chi connectivity index (χ0n) is 14.2. The zero-order chi connectivity index (χ0) is 18.2. The van der Waals surface area contributed by atoms with Gasteiger partial charge in [-0.3, -0.25) is 9.59 Å². The number of nitrogens with one attached hydrogen (secondary N) is 1. The molecule has 1 aromatic heterocycles. The Balaban J connectivity index is 1.46. The molecule has 1 heterocycles. The minimum atomic E-state index is -0.218. The van der Waals surface area contributed by atoms with E-state index in [4.69, 9.17) is 4.74 Å². The Labute approximate surface area is 156 Å². The first-order chi connectivity index (χ1) is 12.7. The molecule has 4 nitrogen and oxygen atoms in total. The Kier molecular flexibility index (Phi) is 6.17. The number of benzene rings is 2. The predicted molar refractivity (Wildman–Crippen MR) is 103 cm³/mol. The van der Waals surface area contributed by atoms with E-state index in [0.717, 1.165) is 11.3 Å². The standard InChI is InChI=1S/C21H19NO3S/c23-20(13-12-19-7-4-14-26-19)25-15-16-8-10-17(11-9-16)21(24)22-18-5-2-1-3-6-18/h1-11,14H,12-13,15H2,(H,22,24). The van der Waals surface area contributed by atoms with Crippen molar-refractivity contribution in [3.05, 3.63) is 88.1 Å². The van der Waals surface area contributed by atoms with Gasteiger partial charge in [0.15, 0.2) is 0 Å². The molecule has 3 aromatic rings. The average molecular weight is 365 g/mol. The van der Waals surface area contributed by atoms with Crippen LogP contribution in [0.15, 0.2) is 72.1 Å². The molecule has 0 unspecified atom stereocenters. The van der Waals surface area contributed by atoms with Gasteiger partial charge < -0.3 is 10.1 Å². The molecular formula is C21H19NO3S. The molecule has 3 rings (SSSR count). The summed E-state index contributed by atoms with van der Waals surface area (Å²) in [6, 6.07) is 20.3. The normalized spacial score (nSPS) is 10.3. The highest BCUT2D eigenvalue weighted by atomic mass is 32.1. The van der Waals surface area contributed by atoms with Gasteiger partial charge in [-0.25, -0.2) is 0 Å². The van der Waals surface area contributed by atoms with Crippen molar-refractivity contribution in [1.82, 2.24) is 0 Å². The number of thiophene rings is 1. The summed E-state index contributed by atoms with van der Waals surface area (Å²) in [6.07, 6.45) is 1.08. The van der Waals surface area contributed by atoms with E-state index in [-0.39, 0.29) is 18.5 Å². The van der Waals surface area contributed by atoms with E-state index in [1.54, 1.807) is 35.6 Å². The third-order valence-electron chi connectivity index (χ3n) is 3.80. The van der Waals surface area contributed by atoms with Gasteiger partial charge in [0.05, 0.1) is 6.42 Å². The predicted octanol–water partition coefficient (Wildman–Crippen LogP) is 4.68. The monoisotopic (exact) mass is 365 g/mol. The molecule has 26 heavy (non-hydrogen) atoms. The summed E-state index contributed by atoms with van der Waals surface area (Å²) < 4.78 is 5.29. The molecule has 0 atom stereocenters. The van der Waals surface area contributed by atoms with Crippen molar-refractivity contribution >= 4 is 28.9 Å². The first-order valence-electron chi connectivity index (χ1n) is 8.34. The Hall–Kier alpha value is -2.92. The van der Waals surface area contributed by atoms with Gasteiger partial charge in [-0.1, -0.05) is 36.4 Å². The van der Waals surface area contributed by atoms with Crippen LogP contribution in [0.2, 0.25) is 0 Å². The van der Waals surface area contributed by atoms with Crippen molar-refractivity contribution in [3.63, 3.8) is 0 Å². The number of hydrogen-bond donors (Lipinski definition) is 1. The Bertz CT molecular complexity index is 843. The molecule has 0 saturated heterocycles. The molecule has 0 aliphatic rings. The SMILES string of the molecule is O=C(CCc1cccs1)OCc1ccc(C(=O)Nc2ccccc2)cc1. The maximum absolute atomic E-state index is 12.2. The van der Waals surface area contributed by atoms with Gasteiger partial charge >= 0.3 is 5.97 Å². The first kappa shape index (κ1) is 17.9. The van der Waals surface area contributed by atoms with Crippen LogP contribution in [-0.2, 0) is 22.6 Å². The smallest absolute Gasteiger partial charge is 0.306 e. The van der Waals surface area contributed by atoms with Gasteiger partial charge in [-0.15, -0.1) is 11.3 Å². The van der Waals surface area contributed by atoms with Gasteiger partial charge in [-0.2, -0.15) is 0 Å². The van der Waals surface area contributed by atoms with Crippen LogP contribution < -0.4 is 5.32 Å². The summed E-state index contributed by atoms with van der Waals surface area (Å²) in [6.45, 7) is 0.212. The summed E-state index contributed by atoms with van der Waals surface area (Å²) in [4.78, 5) is 25.2. The van der Waals surface area contributed by atoms with Crippen LogP contribution in [0.25, 0.3) is 0 Å². The lowest BCUT2D eigenvalue weighted by Crippen LogP contribution is -2.12. The summed E-state index contributed by atoms with van der Waals surface area (Å²) >= 11 is 1.64. The average Bonchev–Trinajstić information content (AvgIpc) is 3.19. The molecule has 5 heteroatoms. The van der Waals surface area contributed by atoms with Gasteiger partial charge in [0.1, 0.15) is 6.61 Å². The third-order valence-corrected chi connectivity index (χ3v) is 4.74. The van der Waals surface area contributed by atoms with E-state index in [0.29, 0.717) is 18.4 Å². The van der Waals surface area contributed by atoms with E-state index in [2.05, 4.69) is 5.32 Å². The lowest BCUT2D eigenvalue weighted by molar-refractivity contribution is -0.144. The number of rotatable bonds is 7. The van der Waals surface area contributed by atoms with Crippen LogP contribution in [0.5, 0.6) is 0 Å². The fraction of sp³-hybridized carbons (Fsp3) is 0.143. The molecule has 0 bridgehead atoms. The molecule has 2 aromatic carbocycles. The zero-order valence-corrected chi connectivity index (χ0v) is 15.0. The van der Waals surface area contributed by atoms with Crippen molar-refractivity contribution in [2.45, 2.75) is 19.4 Å². The number of aryl methyl sites for hydroxylation is 1. The lowest BCUT2D eigenvalue weighted by Gasteiger charge is -2.07. The number of carbonyl (C=O) groups excluding carboxylic acids is 2. The van der Waals surface area contributed by atoms with E-state index in [1.165, 1.54) is 4.88 Å². The minimum absolute atomic E-state index is 0.171. The molecule has 1 amide bonds. The molecule has 132 valence electrons. The van der Waals surface area contributed by atoms with Crippen LogP contribution in [-0.4, -0.2) is 11.9 Å². The van der Waals surface area contributed by atoms with E-state index in [1.807, 2.05) is 47.8 Å². The first-order valence-corrected chi connectivity index (χ1v) is 9.22. The van der Waals surface area contributed by atoms with Crippen LogP contribution in [0.4, 0.5) is 5.69 Å². The van der Waals surface area contributed by atoms with E-state index in [9.17, 15) is 9.59 Å². The second kappa shape index (κ2) is 8.97. The Morgan fingerprint density at radius 3 is 2.38 bits per heavy atom. The Morgan fingerprint density at radius 2 is 1.69 bits per heavy atom. The molecule has 0 spiro atoms. The van der Waals surface area contributed by atoms with E-state index < -0.39 is 0 Å². The topological polar surface area (TPSA) is 55.4 Å². The van der Waals surface area contributed by atoms with Crippen LogP contribution in [0.1, 0.15) is 27.2 Å². The number of hydrogen-bond acceptors (Lipinski definition) is 4. The maximum Gasteiger partial charge on any atom is 0.306 e. The number of ether oxygens (including phenoxy) is 1. The van der Waals surface area contributed by atoms with Gasteiger partial charge in [0.25, 0.3) is 5.91 Å². The summed E-state index contributed by atoms with van der Waals surface area (Å²) in [5, 5.41) is 4.83. The highest BCUT2D eigenvalue weighted by Gasteiger charge is 2.08. The highest BCUT2D eigenvalue weighted by molar-refractivity contribution is 7.09. The quantitative estimate of drug-likeness (QED) is 0.619. The van der Waals surface area contributed by atoms with Crippen LogP contribution in [0.3, 0.4) is 0 Å².